The molecule has 1 unspecified atom stereocenters. The van der Waals surface area contributed by atoms with Gasteiger partial charge in [-0.05, 0) is 19.3 Å². The number of unbranched alkanes of at least 4 members (excludes halogenated alkanes) is 26. The Morgan fingerprint density at radius 2 is 0.742 bits per heavy atom. The smallest absolute Gasteiger partial charge is 0.323 e. The van der Waals surface area contributed by atoms with Gasteiger partial charge in [-0.15, -0.1) is 0 Å². The zero-order valence-electron chi connectivity index (χ0n) is 40.1. The minimum absolute atomic E-state index is 0.0197. The lowest BCUT2D eigenvalue weighted by Crippen LogP contribution is -2.48. The zero-order valence-corrected chi connectivity index (χ0v) is 40.1. The summed E-state index contributed by atoms with van der Waals surface area (Å²) in [6.07, 6.45) is 34.5. The van der Waals surface area contributed by atoms with E-state index in [4.69, 9.17) is 30.4 Å². The molecule has 0 amide bonds. The van der Waals surface area contributed by atoms with Crippen LogP contribution in [0.25, 0.3) is 0 Å². The van der Waals surface area contributed by atoms with Crippen molar-refractivity contribution in [3.8, 4) is 0 Å². The highest BCUT2D eigenvalue weighted by Crippen LogP contribution is 2.16. The van der Waals surface area contributed by atoms with Gasteiger partial charge in [-0.3, -0.25) is 24.1 Å². The molecule has 0 aliphatic carbocycles. The molecule has 0 aromatic heterocycles. The predicted octanol–water partition coefficient (Wildman–Crippen LogP) is 8.67. The molecule has 0 radical (unpaired) electrons. The highest BCUT2D eigenvalue weighted by Gasteiger charge is 2.32. The van der Waals surface area contributed by atoms with Crippen LogP contribution in [0, 0.1) is 0 Å². The molecule has 13 heteroatoms. The molecule has 62 heavy (non-hydrogen) atoms. The van der Waals surface area contributed by atoms with E-state index >= 15 is 0 Å². The number of hydrogen-bond donors (Lipinski definition) is 4. The molecule has 0 spiro atoms. The molecule has 366 valence electrons. The molecule has 13 nitrogen and oxygen atoms in total. The van der Waals surface area contributed by atoms with Crippen molar-refractivity contribution in [1.29, 1.82) is 0 Å². The molecule has 0 aromatic carbocycles. The van der Waals surface area contributed by atoms with Crippen molar-refractivity contribution >= 4 is 23.9 Å². The largest absolute Gasteiger partial charge is 0.466 e. The van der Waals surface area contributed by atoms with E-state index < -0.39 is 29.9 Å². The monoisotopic (exact) mass is 884 g/mol. The third-order valence-electron chi connectivity index (χ3n) is 11.2. The van der Waals surface area contributed by atoms with Gasteiger partial charge < -0.3 is 41.0 Å². The van der Waals surface area contributed by atoms with Gasteiger partial charge in [-0.2, -0.15) is 0 Å². The number of ether oxygens (including phenoxy) is 4. The Balaban J connectivity index is 5.06. The maximum absolute atomic E-state index is 13.7. The van der Waals surface area contributed by atoms with Gasteiger partial charge >= 0.3 is 23.9 Å². The fourth-order valence-corrected chi connectivity index (χ4v) is 7.45. The van der Waals surface area contributed by atoms with Gasteiger partial charge in [0.2, 0.25) is 0 Å². The van der Waals surface area contributed by atoms with Crippen LogP contribution >= 0.6 is 0 Å². The number of rotatable bonds is 49. The number of esters is 4. The number of carbonyl (C=O) groups is 4. The minimum atomic E-state index is -1.05. The number of carbonyl (C=O) groups excluding carboxylic acids is 4. The van der Waals surface area contributed by atoms with Crippen LogP contribution in [0.4, 0.5) is 0 Å². The fraction of sp³-hybridized carbons (Fsp3) is 0.918. The molecule has 0 aromatic rings. The van der Waals surface area contributed by atoms with Gasteiger partial charge in [0, 0.05) is 45.7 Å². The van der Waals surface area contributed by atoms with E-state index in [1.165, 1.54) is 140 Å². The summed E-state index contributed by atoms with van der Waals surface area (Å²) in [5, 5.41) is 6.14. The maximum atomic E-state index is 13.7. The van der Waals surface area contributed by atoms with Crippen LogP contribution in [-0.4, -0.2) is 114 Å². The van der Waals surface area contributed by atoms with Crippen molar-refractivity contribution < 1.29 is 38.1 Å². The van der Waals surface area contributed by atoms with Crippen molar-refractivity contribution in [2.75, 3.05) is 78.8 Å². The second-order valence-corrected chi connectivity index (χ2v) is 17.1. The summed E-state index contributed by atoms with van der Waals surface area (Å²) in [5.74, 6) is -2.23. The number of nitrogens with two attached hydrogens (primary N) is 2. The quantitative estimate of drug-likeness (QED) is 0.0259. The first kappa shape index (κ1) is 59.7. The van der Waals surface area contributed by atoms with E-state index in [0.717, 1.165) is 38.5 Å². The van der Waals surface area contributed by atoms with Gasteiger partial charge in [0.15, 0.2) is 0 Å². The summed E-state index contributed by atoms with van der Waals surface area (Å²) in [7, 11) is 0. The number of nitrogens with zero attached hydrogens (tertiary/aromatic N) is 1. The van der Waals surface area contributed by atoms with E-state index in [0.29, 0.717) is 52.3 Å². The Morgan fingerprint density at radius 1 is 0.419 bits per heavy atom. The maximum Gasteiger partial charge on any atom is 0.323 e. The third kappa shape index (κ3) is 41.7. The third-order valence-corrected chi connectivity index (χ3v) is 11.2. The Kier molecular flexibility index (Phi) is 46.3. The standard InChI is InChI=1S/C49H97N5O8/c1-3-5-7-9-11-13-15-17-19-21-23-25-27-29-39-59-46(55)32-31-45(49(58)62-40-30-28-26-24-22-20-18-16-14-12-10-8-6-4-2)54(43-47(56)60-41-37-52-35-33-50)44-48(57)61-42-38-53-36-34-51/h45,52-53H,3-44,50-51H2,1-2H3. The summed E-state index contributed by atoms with van der Waals surface area (Å²) in [5.41, 5.74) is 11.1. The van der Waals surface area contributed by atoms with Crippen molar-refractivity contribution in [3.63, 3.8) is 0 Å². The molecule has 0 rings (SSSR count). The Bertz CT molecular complexity index is 995. The van der Waals surface area contributed by atoms with Crippen molar-refractivity contribution in [1.82, 2.24) is 15.5 Å². The van der Waals surface area contributed by atoms with Crippen molar-refractivity contribution in [3.05, 3.63) is 0 Å². The highest BCUT2D eigenvalue weighted by molar-refractivity contribution is 5.81. The van der Waals surface area contributed by atoms with Gasteiger partial charge in [-0.1, -0.05) is 181 Å². The topological polar surface area (TPSA) is 185 Å². The molecule has 6 N–H and O–H groups in total. The average Bonchev–Trinajstić information content (AvgIpc) is 3.26. The van der Waals surface area contributed by atoms with Crippen LogP contribution < -0.4 is 22.1 Å². The molecule has 0 heterocycles. The normalized spacial score (nSPS) is 11.8. The second-order valence-electron chi connectivity index (χ2n) is 17.1. The lowest BCUT2D eigenvalue weighted by Gasteiger charge is -2.28. The second kappa shape index (κ2) is 48.1. The van der Waals surface area contributed by atoms with Crippen LogP contribution in [0.3, 0.4) is 0 Å². The van der Waals surface area contributed by atoms with E-state index in [9.17, 15) is 19.2 Å². The van der Waals surface area contributed by atoms with Crippen molar-refractivity contribution in [2.45, 2.75) is 213 Å². The first-order chi connectivity index (χ1) is 30.4. The molecule has 1 atom stereocenters. The van der Waals surface area contributed by atoms with E-state index in [-0.39, 0.29) is 45.8 Å². The van der Waals surface area contributed by atoms with Crippen LogP contribution in [0.2, 0.25) is 0 Å². The molecule has 0 aliphatic heterocycles. The first-order valence-corrected chi connectivity index (χ1v) is 25.6. The molecule has 0 aliphatic rings. The molecular formula is C49H97N5O8. The summed E-state index contributed by atoms with van der Waals surface area (Å²) in [6, 6.07) is -1.05. The Hall–Kier alpha value is -2.32. The molecule has 0 saturated heterocycles. The van der Waals surface area contributed by atoms with Crippen LogP contribution in [0.1, 0.15) is 206 Å². The SMILES string of the molecule is CCCCCCCCCCCCCCCCOC(=O)CCC(C(=O)OCCCCCCCCCCCCCCCC)N(CC(=O)OCCNCCN)CC(=O)OCCNCCN. The number of hydrogen-bond acceptors (Lipinski definition) is 13. The Labute approximate surface area is 379 Å². The van der Waals surface area contributed by atoms with Crippen molar-refractivity contribution in [2.24, 2.45) is 11.5 Å². The van der Waals surface area contributed by atoms with Crippen LogP contribution in [-0.2, 0) is 38.1 Å². The molecule has 0 fully saturated rings. The summed E-state index contributed by atoms with van der Waals surface area (Å²) >= 11 is 0. The molecule has 0 saturated carbocycles. The lowest BCUT2D eigenvalue weighted by atomic mass is 10.0. The van der Waals surface area contributed by atoms with E-state index in [1.54, 1.807) is 0 Å². The summed E-state index contributed by atoms with van der Waals surface area (Å²) in [6.45, 7) is 7.44. The van der Waals surface area contributed by atoms with Gasteiger partial charge in [0.05, 0.1) is 26.3 Å². The minimum Gasteiger partial charge on any atom is -0.466 e. The number of nitrogens with one attached hydrogen (secondary N) is 2. The van der Waals surface area contributed by atoms with Gasteiger partial charge in [-0.25, -0.2) is 0 Å². The van der Waals surface area contributed by atoms with Gasteiger partial charge in [0.1, 0.15) is 19.3 Å². The highest BCUT2D eigenvalue weighted by atomic mass is 16.5. The zero-order chi connectivity index (χ0) is 45.4. The van der Waals surface area contributed by atoms with E-state index in [1.807, 2.05) is 0 Å². The summed E-state index contributed by atoms with van der Waals surface area (Å²) in [4.78, 5) is 54.0. The Morgan fingerprint density at radius 3 is 1.10 bits per heavy atom. The predicted molar refractivity (Wildman–Crippen MR) is 253 cm³/mol. The first-order valence-electron chi connectivity index (χ1n) is 25.6. The fourth-order valence-electron chi connectivity index (χ4n) is 7.45. The van der Waals surface area contributed by atoms with Crippen LogP contribution in [0.5, 0.6) is 0 Å². The summed E-state index contributed by atoms with van der Waals surface area (Å²) < 4.78 is 22.1. The van der Waals surface area contributed by atoms with E-state index in [2.05, 4.69) is 24.5 Å². The van der Waals surface area contributed by atoms with Gasteiger partial charge in [0.25, 0.3) is 0 Å². The van der Waals surface area contributed by atoms with Crippen LogP contribution in [0.15, 0.2) is 0 Å². The molecular weight excluding hydrogens is 787 g/mol. The lowest BCUT2D eigenvalue weighted by molar-refractivity contribution is -0.157. The molecule has 0 bridgehead atoms. The average molecular weight is 884 g/mol.